The van der Waals surface area contributed by atoms with Gasteiger partial charge in [0.05, 0.1) is 26.4 Å². The van der Waals surface area contributed by atoms with E-state index < -0.39 is 0 Å². The van der Waals surface area contributed by atoms with Crippen molar-refractivity contribution >= 4 is 12.0 Å². The molecule has 0 N–H and O–H groups in total. The average molecular weight is 422 g/mol. The Morgan fingerprint density at radius 1 is 1.19 bits per heavy atom. The molecule has 0 spiro atoms. The number of fused-ring (bicyclic) bond motifs is 3. The number of ether oxygens (including phenoxy) is 2. The van der Waals surface area contributed by atoms with E-state index in [0.717, 1.165) is 56.1 Å². The normalized spacial score (nSPS) is 21.8. The number of nitrogens with zero attached hydrogens (tertiary/aromatic N) is 3. The lowest BCUT2D eigenvalue weighted by atomic mass is 10.1. The summed E-state index contributed by atoms with van der Waals surface area (Å²) < 4.78 is 11.1. The number of carbonyl (C=O) groups excluding carboxylic acids is 1. The molecule has 1 aromatic heterocycles. The van der Waals surface area contributed by atoms with Gasteiger partial charge in [-0.15, -0.1) is 0 Å². The van der Waals surface area contributed by atoms with E-state index in [4.69, 9.17) is 9.47 Å². The second kappa shape index (κ2) is 10.6. The number of aromatic nitrogens is 1. The molecule has 4 rings (SSSR count). The summed E-state index contributed by atoms with van der Waals surface area (Å²) >= 11 is 0. The third-order valence-corrected chi connectivity index (χ3v) is 6.05. The van der Waals surface area contributed by atoms with Crippen LogP contribution in [0.5, 0.6) is 5.75 Å². The zero-order valence-electron chi connectivity index (χ0n) is 18.2. The van der Waals surface area contributed by atoms with Gasteiger partial charge in [-0.2, -0.15) is 0 Å². The van der Waals surface area contributed by atoms with Gasteiger partial charge >= 0.3 is 0 Å². The molecular weight excluding hydrogens is 390 g/mol. The molecule has 2 aliphatic heterocycles. The molecule has 0 radical (unpaired) electrons. The zero-order chi connectivity index (χ0) is 21.5. The molecule has 0 saturated carbocycles. The number of benzene rings is 1. The Kier molecular flexibility index (Phi) is 7.33. The number of aryl methyl sites for hydroxylation is 1. The molecule has 1 amide bonds. The lowest BCUT2D eigenvalue weighted by Crippen LogP contribution is -2.45. The summed E-state index contributed by atoms with van der Waals surface area (Å²) in [4.78, 5) is 21.6. The maximum atomic E-state index is 12.9. The number of hydrogen-bond acceptors (Lipinski definition) is 5. The van der Waals surface area contributed by atoms with Gasteiger partial charge in [0.25, 0.3) is 0 Å². The van der Waals surface area contributed by atoms with Gasteiger partial charge < -0.3 is 14.4 Å². The summed E-state index contributed by atoms with van der Waals surface area (Å²) in [6, 6.07) is 12.2. The quantitative estimate of drug-likeness (QED) is 0.688. The summed E-state index contributed by atoms with van der Waals surface area (Å²) in [5.74, 6) is 1.45. The van der Waals surface area contributed by atoms with Crippen molar-refractivity contribution in [3.63, 3.8) is 0 Å². The fourth-order valence-corrected chi connectivity index (χ4v) is 4.35. The Labute approximate surface area is 184 Å². The molecular formula is C25H31N3O3. The lowest BCUT2D eigenvalue weighted by Gasteiger charge is -2.31. The first-order valence-electron chi connectivity index (χ1n) is 11.0. The first-order valence-corrected chi connectivity index (χ1v) is 11.0. The molecule has 1 aromatic carbocycles. The highest BCUT2D eigenvalue weighted by Crippen LogP contribution is 2.21. The minimum absolute atomic E-state index is 0.232. The fourth-order valence-electron chi connectivity index (χ4n) is 4.35. The smallest absolute Gasteiger partial charge is 0.222 e. The standard InChI is InChI=1S/C25H31N3O3/c1-30-24-9-6-20(7-10-24)5-3-13-27-15-22-16-28(17-23(27)19-31-18-22)25(29)11-8-21-4-2-12-26-14-21/h2-7,9-10,12,14,22-23H,8,11,13,15-19H2,1H3/b5-3+/t22-,23+/m1/s1. The van der Waals surface area contributed by atoms with Crippen LogP contribution in [0.4, 0.5) is 0 Å². The molecule has 2 atom stereocenters. The zero-order valence-corrected chi connectivity index (χ0v) is 18.2. The molecule has 31 heavy (non-hydrogen) atoms. The minimum Gasteiger partial charge on any atom is -0.497 e. The number of rotatable bonds is 7. The first kappa shape index (κ1) is 21.5. The van der Waals surface area contributed by atoms with Gasteiger partial charge in [0.15, 0.2) is 0 Å². The van der Waals surface area contributed by atoms with E-state index in [1.54, 1.807) is 13.3 Å². The van der Waals surface area contributed by atoms with Crippen LogP contribution >= 0.6 is 0 Å². The predicted molar refractivity (Wildman–Crippen MR) is 121 cm³/mol. The van der Waals surface area contributed by atoms with Crippen LogP contribution in [-0.4, -0.2) is 73.2 Å². The van der Waals surface area contributed by atoms with Crippen molar-refractivity contribution in [2.24, 2.45) is 5.92 Å². The Hall–Kier alpha value is -2.70. The van der Waals surface area contributed by atoms with Crippen LogP contribution in [0.15, 0.2) is 54.9 Å². The number of methoxy groups -OCH3 is 1. The van der Waals surface area contributed by atoms with Crippen molar-refractivity contribution in [3.05, 3.63) is 66.0 Å². The van der Waals surface area contributed by atoms with Crippen LogP contribution < -0.4 is 4.74 Å². The van der Waals surface area contributed by atoms with Crippen molar-refractivity contribution in [2.45, 2.75) is 18.9 Å². The number of amides is 1. The molecule has 0 aliphatic carbocycles. The molecule has 2 aromatic rings. The van der Waals surface area contributed by atoms with Gasteiger partial charge in [-0.25, -0.2) is 0 Å². The van der Waals surface area contributed by atoms with E-state index in [0.29, 0.717) is 18.9 Å². The summed E-state index contributed by atoms with van der Waals surface area (Å²) in [6.45, 7) is 4.74. The summed E-state index contributed by atoms with van der Waals surface area (Å²) in [5.41, 5.74) is 2.27. The van der Waals surface area contributed by atoms with Gasteiger partial charge in [-0.05, 0) is 35.7 Å². The highest BCUT2D eigenvalue weighted by Gasteiger charge is 2.34. The van der Waals surface area contributed by atoms with Gasteiger partial charge in [0.2, 0.25) is 5.91 Å². The number of hydrogen-bond donors (Lipinski definition) is 0. The third kappa shape index (κ3) is 5.93. The molecule has 2 aliphatic rings. The largest absolute Gasteiger partial charge is 0.497 e. The van der Waals surface area contributed by atoms with E-state index in [9.17, 15) is 4.79 Å². The molecule has 6 heteroatoms. The van der Waals surface area contributed by atoms with Crippen LogP contribution in [0.25, 0.3) is 6.08 Å². The number of carbonyl (C=O) groups is 1. The van der Waals surface area contributed by atoms with E-state index in [-0.39, 0.29) is 11.9 Å². The Balaban J connectivity index is 1.34. The summed E-state index contributed by atoms with van der Waals surface area (Å²) in [6.07, 6.45) is 9.23. The van der Waals surface area contributed by atoms with Crippen molar-refractivity contribution in [1.82, 2.24) is 14.8 Å². The SMILES string of the molecule is COc1ccc(/C=C/CN2C[C@H]3COC[C@@H]2CN(C(=O)CCc2cccnc2)C3)cc1. The first-order chi connectivity index (χ1) is 15.2. The van der Waals surface area contributed by atoms with Crippen LogP contribution in [0.1, 0.15) is 17.5 Å². The molecule has 2 saturated heterocycles. The maximum Gasteiger partial charge on any atom is 0.222 e. The molecule has 164 valence electrons. The fraction of sp³-hybridized carbons (Fsp3) is 0.440. The molecule has 6 nitrogen and oxygen atoms in total. The van der Waals surface area contributed by atoms with Crippen molar-refractivity contribution in [3.8, 4) is 5.75 Å². The lowest BCUT2D eigenvalue weighted by molar-refractivity contribution is -0.133. The average Bonchev–Trinajstić information content (AvgIpc) is 3.09. The Morgan fingerprint density at radius 2 is 2.06 bits per heavy atom. The van der Waals surface area contributed by atoms with Crippen LogP contribution in [0.3, 0.4) is 0 Å². The summed E-state index contributed by atoms with van der Waals surface area (Å²) in [5, 5.41) is 0. The highest BCUT2D eigenvalue weighted by molar-refractivity contribution is 5.76. The van der Waals surface area contributed by atoms with Crippen molar-refractivity contribution in [2.75, 3.05) is 46.5 Å². The van der Waals surface area contributed by atoms with E-state index in [1.165, 1.54) is 0 Å². The molecule has 3 heterocycles. The highest BCUT2D eigenvalue weighted by atomic mass is 16.5. The topological polar surface area (TPSA) is 54.9 Å². The van der Waals surface area contributed by atoms with Crippen molar-refractivity contribution in [1.29, 1.82) is 0 Å². The van der Waals surface area contributed by atoms with Gasteiger partial charge in [-0.3, -0.25) is 14.7 Å². The summed E-state index contributed by atoms with van der Waals surface area (Å²) in [7, 11) is 1.68. The second-order valence-electron chi connectivity index (χ2n) is 8.35. The van der Waals surface area contributed by atoms with E-state index in [1.807, 2.05) is 30.5 Å². The number of pyridine rings is 1. The third-order valence-electron chi connectivity index (χ3n) is 6.05. The Morgan fingerprint density at radius 3 is 2.84 bits per heavy atom. The molecule has 2 fully saturated rings. The molecule has 0 unspecified atom stereocenters. The molecule has 2 bridgehead atoms. The monoisotopic (exact) mass is 421 g/mol. The van der Waals surface area contributed by atoms with Crippen LogP contribution in [0, 0.1) is 5.92 Å². The van der Waals surface area contributed by atoms with Gasteiger partial charge in [0.1, 0.15) is 5.75 Å². The van der Waals surface area contributed by atoms with Gasteiger partial charge in [0, 0.05) is 50.9 Å². The Bertz CT molecular complexity index is 869. The predicted octanol–water partition coefficient (Wildman–Crippen LogP) is 2.90. The van der Waals surface area contributed by atoms with E-state index >= 15 is 0 Å². The minimum atomic E-state index is 0.232. The maximum absolute atomic E-state index is 12.9. The van der Waals surface area contributed by atoms with Gasteiger partial charge in [-0.1, -0.05) is 30.4 Å². The van der Waals surface area contributed by atoms with Crippen molar-refractivity contribution < 1.29 is 14.3 Å². The van der Waals surface area contributed by atoms with Crippen LogP contribution in [0.2, 0.25) is 0 Å². The van der Waals surface area contributed by atoms with E-state index in [2.05, 4.69) is 39.1 Å². The second-order valence-corrected chi connectivity index (χ2v) is 8.35. The van der Waals surface area contributed by atoms with Crippen LogP contribution in [-0.2, 0) is 16.0 Å².